The van der Waals surface area contributed by atoms with Gasteiger partial charge in [0, 0.05) is 11.5 Å². The summed E-state index contributed by atoms with van der Waals surface area (Å²) in [4.78, 5) is 11.1. The minimum atomic E-state index is -7.22. The van der Waals surface area contributed by atoms with E-state index in [-0.39, 0.29) is 11.7 Å². The highest BCUT2D eigenvalue weighted by Crippen LogP contribution is 2.30. The normalized spacial score (nSPS) is 12.4. The van der Waals surface area contributed by atoms with Crippen molar-refractivity contribution in [3.8, 4) is 0 Å². The summed E-state index contributed by atoms with van der Waals surface area (Å²) in [7, 11) is 0. The molecule has 1 atom stereocenters. The van der Waals surface area contributed by atoms with Gasteiger partial charge in [-0.1, -0.05) is 43.3 Å². The number of hydrogen-bond donors (Lipinski definition) is 0. The van der Waals surface area contributed by atoms with Crippen LogP contribution >= 0.6 is 0 Å². The smallest absolute Gasteiger partial charge is 0.200 e. The average Bonchev–Trinajstić information content (AvgIpc) is 3.24. The first-order valence-corrected chi connectivity index (χ1v) is 18.1. The number of benzene rings is 5. The van der Waals surface area contributed by atoms with Crippen LogP contribution in [-0.4, -0.2) is 17.7 Å². The van der Waals surface area contributed by atoms with Gasteiger partial charge in [-0.15, -0.1) is 21.9 Å². The zero-order chi connectivity index (χ0) is 47.0. The van der Waals surface area contributed by atoms with Crippen LogP contribution in [0.2, 0.25) is 0 Å². The van der Waals surface area contributed by atoms with Gasteiger partial charge < -0.3 is 0 Å². The third-order valence-electron chi connectivity index (χ3n) is 9.38. The number of allylic oxidation sites excluding steroid dienone is 1. The molecule has 0 heterocycles. The first-order valence-electron chi connectivity index (χ1n) is 16.9. The van der Waals surface area contributed by atoms with E-state index in [0.29, 0.717) is 0 Å². The van der Waals surface area contributed by atoms with E-state index in [4.69, 9.17) is 0 Å². The summed E-state index contributed by atoms with van der Waals surface area (Å²) in [6.45, 7) is 5.72. The molecule has 0 aliphatic rings. The summed E-state index contributed by atoms with van der Waals surface area (Å²) in [5.74, 6) is -69.0. The Hall–Kier alpha value is -5.48. The Bertz CT molecular complexity index is 2240. The molecule has 1 unspecified atom stereocenters. The van der Waals surface area contributed by atoms with Gasteiger partial charge in [0.25, 0.3) is 0 Å². The highest BCUT2D eigenvalue weighted by Gasteiger charge is 2.52. The molecule has 5 aromatic carbocycles. The van der Waals surface area contributed by atoms with Gasteiger partial charge in [0.15, 0.2) is 69.8 Å². The van der Waals surface area contributed by atoms with Crippen molar-refractivity contribution >= 4 is 45.5 Å². The standard InChI is InChI=1S/C24BF20.C15H20OS/c26-5-1(6(27)14(35)21(42)13(5)34)25(2-7(28)15(36)22(43)16(37)8(2)29,3-9(30)17(38)23(44)18(39)10(3)31)4-11(32)19(40)24(45)20(41)12(4)33;1-12(9-13(2)14(3)16)10-17-11-15-7-5-4-6-8-15/h;4-9,13H,10-11H2,1-3H3/q-1;/p+1. The third kappa shape index (κ3) is 8.38. The summed E-state index contributed by atoms with van der Waals surface area (Å²) in [5.41, 5.74) is -11.6. The molecule has 0 aliphatic carbocycles. The minimum Gasteiger partial charge on any atom is -0.299 e. The van der Waals surface area contributed by atoms with Gasteiger partial charge in [-0.3, -0.25) is 4.79 Å². The van der Waals surface area contributed by atoms with Gasteiger partial charge in [0.05, 0.1) is 0 Å². The average molecular weight is 928 g/mol. The second kappa shape index (κ2) is 18.9. The van der Waals surface area contributed by atoms with E-state index in [0.717, 1.165) is 11.5 Å². The molecule has 5 aromatic rings. The molecule has 23 heteroatoms. The van der Waals surface area contributed by atoms with Crippen LogP contribution in [0.4, 0.5) is 87.8 Å². The molecule has 62 heavy (non-hydrogen) atoms. The Balaban J connectivity index is 0.000000416. The van der Waals surface area contributed by atoms with Crippen LogP contribution in [0.15, 0.2) is 42.0 Å². The van der Waals surface area contributed by atoms with Crippen molar-refractivity contribution in [2.45, 2.75) is 26.5 Å². The maximum atomic E-state index is 15.4. The molecule has 0 fully saturated rings. The molecular formula is C39H21BF20OS. The van der Waals surface area contributed by atoms with Crippen LogP contribution in [0.5, 0.6) is 0 Å². The second-order valence-corrected chi connectivity index (χ2v) is 14.3. The Kier molecular flexibility index (Phi) is 15.0. The number of halogens is 20. The highest BCUT2D eigenvalue weighted by atomic mass is 32.2. The van der Waals surface area contributed by atoms with Crippen LogP contribution in [0, 0.1) is 122 Å². The Morgan fingerprint density at radius 2 is 0.694 bits per heavy atom. The lowest BCUT2D eigenvalue weighted by atomic mass is 9.12. The predicted molar refractivity (Wildman–Crippen MR) is 187 cm³/mol. The third-order valence-corrected chi connectivity index (χ3v) is 10.7. The van der Waals surface area contributed by atoms with E-state index in [2.05, 4.69) is 37.3 Å². The van der Waals surface area contributed by atoms with E-state index >= 15 is 35.1 Å². The first kappa shape index (κ1) is 49.2. The Labute approximate surface area is 340 Å². The number of thiol groups is 1. The van der Waals surface area contributed by atoms with Crippen LogP contribution in [0.1, 0.15) is 26.3 Å². The molecule has 0 aromatic heterocycles. The molecule has 0 amide bonds. The van der Waals surface area contributed by atoms with Crippen molar-refractivity contribution in [3.63, 3.8) is 0 Å². The molecule has 0 spiro atoms. The van der Waals surface area contributed by atoms with E-state index in [1.165, 1.54) is 22.9 Å². The number of hydrogen-bond acceptors (Lipinski definition) is 1. The Morgan fingerprint density at radius 1 is 0.452 bits per heavy atom. The molecule has 1 nitrogen and oxygen atoms in total. The fraction of sp³-hybridized carbons (Fsp3) is 0.154. The first-order chi connectivity index (χ1) is 28.8. The maximum absolute atomic E-state index is 15.4. The monoisotopic (exact) mass is 928 g/mol. The topological polar surface area (TPSA) is 17.1 Å². The fourth-order valence-corrected chi connectivity index (χ4v) is 7.45. The van der Waals surface area contributed by atoms with Crippen molar-refractivity contribution in [2.24, 2.45) is 5.92 Å². The lowest BCUT2D eigenvalue weighted by Gasteiger charge is -2.44. The van der Waals surface area contributed by atoms with E-state index in [9.17, 15) is 57.5 Å². The zero-order valence-electron chi connectivity index (χ0n) is 30.9. The lowest BCUT2D eigenvalue weighted by molar-refractivity contribution is -0.118. The highest BCUT2D eigenvalue weighted by molar-refractivity contribution is 7.77. The fourth-order valence-electron chi connectivity index (χ4n) is 6.42. The van der Waals surface area contributed by atoms with Gasteiger partial charge in [-0.2, -0.15) is 0 Å². The van der Waals surface area contributed by atoms with Gasteiger partial charge in [0.2, 0.25) is 0 Å². The summed E-state index contributed by atoms with van der Waals surface area (Å²) in [6, 6.07) is 10.5. The van der Waals surface area contributed by atoms with Crippen molar-refractivity contribution in [1.82, 2.24) is 0 Å². The zero-order valence-corrected chi connectivity index (χ0v) is 31.8. The minimum absolute atomic E-state index is 0.0573. The molecule has 332 valence electrons. The summed E-state index contributed by atoms with van der Waals surface area (Å²) in [5, 5.41) is 0. The van der Waals surface area contributed by atoms with Crippen molar-refractivity contribution in [3.05, 3.63) is 164 Å². The van der Waals surface area contributed by atoms with Gasteiger partial charge >= 0.3 is 0 Å². The molecule has 0 saturated heterocycles. The lowest BCUT2D eigenvalue weighted by Crippen LogP contribution is -2.81. The number of rotatable bonds is 10. The largest absolute Gasteiger partial charge is 0.299 e. The van der Waals surface area contributed by atoms with Gasteiger partial charge in [0.1, 0.15) is 70.0 Å². The maximum Gasteiger partial charge on any atom is 0.200 e. The molecule has 0 bridgehead atoms. The van der Waals surface area contributed by atoms with E-state index in [1.54, 1.807) is 6.92 Å². The molecule has 0 radical (unpaired) electrons. The van der Waals surface area contributed by atoms with E-state index < -0.39 is 144 Å². The predicted octanol–water partition coefficient (Wildman–Crippen LogP) is 9.02. The van der Waals surface area contributed by atoms with Crippen molar-refractivity contribution in [1.29, 1.82) is 0 Å². The summed E-state index contributed by atoms with van der Waals surface area (Å²) in [6.07, 6.45) is -5.13. The molecule has 0 saturated carbocycles. The van der Waals surface area contributed by atoms with Crippen LogP contribution in [-0.2, 0) is 22.3 Å². The molecule has 0 aliphatic heterocycles. The summed E-state index contributed by atoms with van der Waals surface area (Å²) >= 11 is 1.40. The van der Waals surface area contributed by atoms with Crippen molar-refractivity contribution < 1.29 is 92.6 Å². The SMILES string of the molecule is CC(=O)C(C)C=C(C)C[SH+]Cc1ccccc1.Fc1c(F)c(F)c([B-](c2c(F)c(F)c(F)c(F)c2F)(c2c(F)c(F)c(F)c(F)c2F)c2c(F)c(F)c(F)c(F)c2F)c(F)c1F. The van der Waals surface area contributed by atoms with Crippen molar-refractivity contribution in [2.75, 3.05) is 5.75 Å². The number of carbonyl (C=O) groups is 1. The van der Waals surface area contributed by atoms with Gasteiger partial charge in [-0.05, 0) is 31.2 Å². The van der Waals surface area contributed by atoms with Crippen LogP contribution in [0.3, 0.4) is 0 Å². The van der Waals surface area contributed by atoms with Crippen LogP contribution < -0.4 is 21.9 Å². The number of Topliss-reactive ketones (excluding diaryl/α,β-unsaturated/α-hetero) is 1. The molecular weight excluding hydrogens is 907 g/mol. The van der Waals surface area contributed by atoms with Gasteiger partial charge in [-0.25, -0.2) is 87.8 Å². The number of ketones is 1. The molecule has 5 rings (SSSR count). The van der Waals surface area contributed by atoms with E-state index in [1.807, 2.05) is 13.0 Å². The van der Waals surface area contributed by atoms with Crippen LogP contribution in [0.25, 0.3) is 0 Å². The summed E-state index contributed by atoms with van der Waals surface area (Å²) < 4.78 is 294. The number of carbonyl (C=O) groups excluding carboxylic acids is 1. The second-order valence-electron chi connectivity index (χ2n) is 13.2. The molecule has 0 N–H and O–H groups in total. The quantitative estimate of drug-likeness (QED) is 0.0260. The Morgan fingerprint density at radius 3 is 0.935 bits per heavy atom.